The predicted octanol–water partition coefficient (Wildman–Crippen LogP) is 4.68. The van der Waals surface area contributed by atoms with E-state index in [9.17, 15) is 28.1 Å². The molecule has 0 spiro atoms. The largest absolute Gasteiger partial charge is 0.416 e. The first-order chi connectivity index (χ1) is 14.6. The molecule has 1 saturated heterocycles. The number of rotatable bonds is 5. The third kappa shape index (κ3) is 5.57. The second kappa shape index (κ2) is 9.29. The van der Waals surface area contributed by atoms with Gasteiger partial charge in [0, 0.05) is 32.2 Å². The van der Waals surface area contributed by atoms with Crippen LogP contribution in [0.3, 0.4) is 0 Å². The molecule has 2 aromatic carbocycles. The second-order valence-corrected chi connectivity index (χ2v) is 7.68. The Morgan fingerprint density at radius 3 is 2.26 bits per heavy atom. The fourth-order valence-electron chi connectivity index (χ4n) is 3.26. The highest BCUT2D eigenvalue weighted by molar-refractivity contribution is 6.39. The molecule has 31 heavy (non-hydrogen) atoms. The van der Waals surface area contributed by atoms with Crippen LogP contribution in [0, 0.1) is 10.1 Å². The van der Waals surface area contributed by atoms with E-state index in [-0.39, 0.29) is 18.1 Å². The van der Waals surface area contributed by atoms with Gasteiger partial charge < -0.3 is 10.2 Å². The van der Waals surface area contributed by atoms with Crippen molar-refractivity contribution in [3.8, 4) is 0 Å². The molecule has 12 heteroatoms. The molecule has 0 aromatic heterocycles. The lowest BCUT2D eigenvalue weighted by Gasteiger charge is -2.35. The number of alkyl halides is 3. The molecule has 1 N–H and O–H groups in total. The van der Waals surface area contributed by atoms with Crippen LogP contribution in [-0.4, -0.2) is 48.5 Å². The number of nitrogens with zero attached hydrogens (tertiary/aromatic N) is 3. The van der Waals surface area contributed by atoms with E-state index in [0.29, 0.717) is 48.0 Å². The smallest absolute Gasteiger partial charge is 0.363 e. The first-order valence-corrected chi connectivity index (χ1v) is 9.88. The minimum atomic E-state index is -4.67. The van der Waals surface area contributed by atoms with Crippen molar-refractivity contribution in [2.75, 3.05) is 42.9 Å². The Morgan fingerprint density at radius 2 is 1.71 bits per heavy atom. The number of para-hydroxylation sites is 1. The molecule has 0 atom stereocenters. The molecule has 1 heterocycles. The summed E-state index contributed by atoms with van der Waals surface area (Å²) in [4.78, 5) is 26.3. The van der Waals surface area contributed by atoms with E-state index in [4.69, 9.17) is 23.2 Å². The Hall–Kier alpha value is -2.56. The summed E-state index contributed by atoms with van der Waals surface area (Å²) in [6.45, 7) is 1.45. The van der Waals surface area contributed by atoms with Crippen molar-refractivity contribution >= 4 is 46.2 Å². The van der Waals surface area contributed by atoms with Crippen molar-refractivity contribution in [2.24, 2.45) is 0 Å². The summed E-state index contributed by atoms with van der Waals surface area (Å²) in [5, 5.41) is 14.6. The minimum Gasteiger partial charge on any atom is -0.363 e. The second-order valence-electron chi connectivity index (χ2n) is 6.87. The van der Waals surface area contributed by atoms with Crippen molar-refractivity contribution in [3.05, 3.63) is 62.1 Å². The summed E-state index contributed by atoms with van der Waals surface area (Å²) in [5.41, 5.74) is -1.24. The first-order valence-electron chi connectivity index (χ1n) is 9.13. The summed E-state index contributed by atoms with van der Waals surface area (Å²) in [5.74, 6) is -0.330. The average molecular weight is 477 g/mol. The third-order valence-corrected chi connectivity index (χ3v) is 5.44. The van der Waals surface area contributed by atoms with Crippen molar-refractivity contribution in [3.63, 3.8) is 0 Å². The number of hydrogen-bond donors (Lipinski definition) is 1. The van der Waals surface area contributed by atoms with E-state index in [0.717, 1.165) is 12.1 Å². The number of halogens is 5. The Labute approximate surface area is 185 Å². The van der Waals surface area contributed by atoms with Crippen molar-refractivity contribution < 1.29 is 22.9 Å². The molecule has 2 aromatic rings. The van der Waals surface area contributed by atoms with E-state index in [1.165, 1.54) is 0 Å². The zero-order valence-corrected chi connectivity index (χ0v) is 17.5. The number of nitro groups is 1. The van der Waals surface area contributed by atoms with Crippen LogP contribution in [-0.2, 0) is 11.0 Å². The van der Waals surface area contributed by atoms with E-state index in [2.05, 4.69) is 5.32 Å². The highest BCUT2D eigenvalue weighted by Crippen LogP contribution is 2.37. The normalized spacial score (nSPS) is 15.1. The zero-order valence-electron chi connectivity index (χ0n) is 16.0. The molecule has 0 saturated carbocycles. The van der Waals surface area contributed by atoms with Gasteiger partial charge in [0.2, 0.25) is 5.91 Å². The number of anilines is 2. The van der Waals surface area contributed by atoms with Crippen LogP contribution in [0.5, 0.6) is 0 Å². The van der Waals surface area contributed by atoms with Gasteiger partial charge in [-0.1, -0.05) is 29.3 Å². The maximum atomic E-state index is 12.9. The van der Waals surface area contributed by atoms with Gasteiger partial charge in [-0.15, -0.1) is 0 Å². The third-order valence-electron chi connectivity index (χ3n) is 4.81. The summed E-state index contributed by atoms with van der Waals surface area (Å²) >= 11 is 12.1. The molecule has 166 valence electrons. The molecule has 1 amide bonds. The molecular weight excluding hydrogens is 460 g/mol. The van der Waals surface area contributed by atoms with Crippen molar-refractivity contribution in [1.82, 2.24) is 4.90 Å². The summed E-state index contributed by atoms with van der Waals surface area (Å²) in [7, 11) is 0. The van der Waals surface area contributed by atoms with Crippen LogP contribution >= 0.6 is 23.2 Å². The topological polar surface area (TPSA) is 78.7 Å². The van der Waals surface area contributed by atoms with Crippen LogP contribution in [0.2, 0.25) is 10.0 Å². The SMILES string of the molecule is O=C(CN1CCN(c2ccc(C(F)(F)F)cc2[N+](=O)[O-])CC1)Nc1c(Cl)cccc1Cl. The predicted molar refractivity (Wildman–Crippen MR) is 112 cm³/mol. The summed E-state index contributed by atoms with van der Waals surface area (Å²) in [6, 6.07) is 7.33. The van der Waals surface area contributed by atoms with E-state index in [1.54, 1.807) is 23.1 Å². The standard InChI is InChI=1S/C19H17Cl2F3N4O3/c20-13-2-1-3-14(21)18(13)25-17(29)11-26-6-8-27(9-7-26)15-5-4-12(19(22,23)24)10-16(15)28(30)31/h1-5,10H,6-9,11H2,(H,25,29). The molecule has 3 rings (SSSR count). The Kier molecular flexibility index (Phi) is 6.93. The molecule has 1 fully saturated rings. The van der Waals surface area contributed by atoms with Crippen LogP contribution in [0.15, 0.2) is 36.4 Å². The molecule has 0 radical (unpaired) electrons. The Bertz CT molecular complexity index is 976. The molecular formula is C19H17Cl2F3N4O3. The summed E-state index contributed by atoms with van der Waals surface area (Å²) < 4.78 is 38.7. The van der Waals surface area contributed by atoms with Crippen LogP contribution in [0.4, 0.5) is 30.2 Å². The molecule has 1 aliphatic heterocycles. The monoisotopic (exact) mass is 476 g/mol. The van der Waals surface area contributed by atoms with Gasteiger partial charge in [0.1, 0.15) is 5.69 Å². The van der Waals surface area contributed by atoms with E-state index >= 15 is 0 Å². The molecule has 7 nitrogen and oxygen atoms in total. The fraction of sp³-hybridized carbons (Fsp3) is 0.316. The molecule has 1 aliphatic rings. The molecule has 0 unspecified atom stereocenters. The summed E-state index contributed by atoms with van der Waals surface area (Å²) in [6.07, 6.45) is -4.67. The maximum absolute atomic E-state index is 12.9. The zero-order chi connectivity index (χ0) is 22.8. The lowest BCUT2D eigenvalue weighted by Crippen LogP contribution is -2.48. The quantitative estimate of drug-likeness (QED) is 0.500. The maximum Gasteiger partial charge on any atom is 0.416 e. The van der Waals surface area contributed by atoms with Gasteiger partial charge in [-0.25, -0.2) is 0 Å². The lowest BCUT2D eigenvalue weighted by atomic mass is 10.1. The Balaban J connectivity index is 1.63. The number of amides is 1. The first kappa shape index (κ1) is 23.1. The number of nitrogens with one attached hydrogen (secondary N) is 1. The van der Waals surface area contributed by atoms with Crippen molar-refractivity contribution in [2.45, 2.75) is 6.18 Å². The van der Waals surface area contributed by atoms with Crippen LogP contribution < -0.4 is 10.2 Å². The van der Waals surface area contributed by atoms with Gasteiger partial charge in [0.05, 0.1) is 32.8 Å². The number of benzene rings is 2. The Morgan fingerprint density at radius 1 is 1.10 bits per heavy atom. The average Bonchev–Trinajstić information content (AvgIpc) is 2.70. The molecule has 0 aliphatic carbocycles. The van der Waals surface area contributed by atoms with Gasteiger partial charge in [-0.05, 0) is 24.3 Å². The van der Waals surface area contributed by atoms with Crippen LogP contribution in [0.25, 0.3) is 0 Å². The van der Waals surface area contributed by atoms with Crippen molar-refractivity contribution in [1.29, 1.82) is 0 Å². The lowest BCUT2D eigenvalue weighted by molar-refractivity contribution is -0.384. The number of carbonyl (C=O) groups is 1. The number of carbonyl (C=O) groups excluding carboxylic acids is 1. The highest BCUT2D eigenvalue weighted by atomic mass is 35.5. The minimum absolute atomic E-state index is 0.0461. The van der Waals surface area contributed by atoms with Gasteiger partial charge in [0.15, 0.2) is 0 Å². The van der Waals surface area contributed by atoms with E-state index < -0.39 is 22.4 Å². The molecule has 0 bridgehead atoms. The highest BCUT2D eigenvalue weighted by Gasteiger charge is 2.34. The number of piperazine rings is 1. The van der Waals surface area contributed by atoms with Gasteiger partial charge in [-0.2, -0.15) is 13.2 Å². The number of hydrogen-bond acceptors (Lipinski definition) is 5. The number of nitro benzene ring substituents is 1. The van der Waals surface area contributed by atoms with Gasteiger partial charge in [0.25, 0.3) is 5.69 Å². The fourth-order valence-corrected chi connectivity index (χ4v) is 3.75. The van der Waals surface area contributed by atoms with Crippen LogP contribution in [0.1, 0.15) is 5.56 Å². The van der Waals surface area contributed by atoms with Gasteiger partial charge in [-0.3, -0.25) is 19.8 Å². The van der Waals surface area contributed by atoms with Gasteiger partial charge >= 0.3 is 6.18 Å². The van der Waals surface area contributed by atoms with E-state index in [1.807, 2.05) is 4.90 Å².